The molecule has 0 atom stereocenters. The molecule has 0 aromatic heterocycles. The Labute approximate surface area is 141 Å². The van der Waals surface area contributed by atoms with Crippen LogP contribution in [-0.4, -0.2) is 30.5 Å². The van der Waals surface area contributed by atoms with Gasteiger partial charge in [0, 0.05) is 11.8 Å². The molecular formula is C19H21NO4. The van der Waals surface area contributed by atoms with Gasteiger partial charge in [-0.15, -0.1) is 0 Å². The molecule has 0 heterocycles. The number of aromatic carboxylic acids is 1. The number of ether oxygens (including phenoxy) is 2. The molecule has 0 aliphatic heterocycles. The van der Waals surface area contributed by atoms with E-state index in [1.165, 1.54) is 0 Å². The molecule has 0 saturated carbocycles. The Hall–Kier alpha value is -2.82. The summed E-state index contributed by atoms with van der Waals surface area (Å²) >= 11 is 0. The lowest BCUT2D eigenvalue weighted by Crippen LogP contribution is -2.08. The Balaban J connectivity index is 2.43. The lowest BCUT2D eigenvalue weighted by atomic mass is 10.1. The molecule has 0 bridgehead atoms. The molecule has 2 rings (SSSR count). The minimum atomic E-state index is -0.963. The number of hydrogen-bond donors (Lipinski definition) is 1. The summed E-state index contributed by atoms with van der Waals surface area (Å²) in [6.45, 7) is 5.62. The Morgan fingerprint density at radius 3 is 2.54 bits per heavy atom. The first-order chi connectivity index (χ1) is 11.4. The molecule has 0 fully saturated rings. The van der Waals surface area contributed by atoms with Gasteiger partial charge in [0.1, 0.15) is 0 Å². The average molecular weight is 327 g/mol. The zero-order valence-electron chi connectivity index (χ0n) is 14.2. The summed E-state index contributed by atoms with van der Waals surface area (Å²) in [5.41, 5.74) is 2.24. The summed E-state index contributed by atoms with van der Waals surface area (Å²) in [5, 5.41) is 9.20. The number of carbonyl (C=O) groups is 1. The van der Waals surface area contributed by atoms with E-state index in [2.05, 4.69) is 4.99 Å². The van der Waals surface area contributed by atoms with E-state index in [1.54, 1.807) is 38.4 Å². The summed E-state index contributed by atoms with van der Waals surface area (Å²) in [5.74, 6) is 0.282. The van der Waals surface area contributed by atoms with Crippen LogP contribution in [0.3, 0.4) is 0 Å². The van der Waals surface area contributed by atoms with E-state index in [-0.39, 0.29) is 11.7 Å². The maximum Gasteiger partial charge on any atom is 0.336 e. The Morgan fingerprint density at radius 1 is 1.21 bits per heavy atom. The van der Waals surface area contributed by atoms with Gasteiger partial charge < -0.3 is 14.6 Å². The number of hydrogen-bond acceptors (Lipinski definition) is 4. The second-order valence-corrected chi connectivity index (χ2v) is 5.56. The van der Waals surface area contributed by atoms with Gasteiger partial charge >= 0.3 is 5.97 Å². The van der Waals surface area contributed by atoms with Gasteiger partial charge in [0.25, 0.3) is 0 Å². The largest absolute Gasteiger partial charge is 0.493 e. The molecular weight excluding hydrogens is 306 g/mol. The van der Waals surface area contributed by atoms with Crippen LogP contribution >= 0.6 is 0 Å². The maximum absolute atomic E-state index is 11.2. The van der Waals surface area contributed by atoms with Crippen molar-refractivity contribution in [2.75, 3.05) is 7.11 Å². The number of benzene rings is 2. The molecule has 1 N–H and O–H groups in total. The van der Waals surface area contributed by atoms with Crippen molar-refractivity contribution >= 4 is 17.9 Å². The van der Waals surface area contributed by atoms with E-state index in [9.17, 15) is 9.90 Å². The van der Waals surface area contributed by atoms with Crippen molar-refractivity contribution in [2.24, 2.45) is 4.99 Å². The summed E-state index contributed by atoms with van der Waals surface area (Å²) in [6.07, 6.45) is 1.65. The molecule has 0 amide bonds. The van der Waals surface area contributed by atoms with Crippen molar-refractivity contribution in [2.45, 2.75) is 26.9 Å². The first-order valence-corrected chi connectivity index (χ1v) is 7.64. The number of carboxylic acid groups (broad SMARTS) is 1. The second-order valence-electron chi connectivity index (χ2n) is 5.56. The highest BCUT2D eigenvalue weighted by atomic mass is 16.5. The molecule has 0 aliphatic rings. The number of carboxylic acids is 1. The summed E-state index contributed by atoms with van der Waals surface area (Å²) in [7, 11) is 1.59. The summed E-state index contributed by atoms with van der Waals surface area (Å²) in [4.78, 5) is 15.7. The quantitative estimate of drug-likeness (QED) is 0.806. The first-order valence-electron chi connectivity index (χ1n) is 7.64. The highest BCUT2D eigenvalue weighted by molar-refractivity contribution is 5.92. The molecule has 0 radical (unpaired) electrons. The predicted molar refractivity (Wildman–Crippen MR) is 94.2 cm³/mol. The van der Waals surface area contributed by atoms with Gasteiger partial charge in [-0.1, -0.05) is 12.1 Å². The number of methoxy groups -OCH3 is 1. The molecule has 24 heavy (non-hydrogen) atoms. The van der Waals surface area contributed by atoms with E-state index in [0.717, 1.165) is 5.56 Å². The van der Waals surface area contributed by atoms with Crippen LogP contribution in [-0.2, 0) is 0 Å². The lowest BCUT2D eigenvalue weighted by Gasteiger charge is -2.15. The topological polar surface area (TPSA) is 68.1 Å². The van der Waals surface area contributed by atoms with Crippen molar-refractivity contribution in [3.63, 3.8) is 0 Å². The average Bonchev–Trinajstić information content (AvgIpc) is 2.54. The molecule has 2 aromatic rings. The van der Waals surface area contributed by atoms with Crippen LogP contribution in [0, 0.1) is 6.92 Å². The minimum absolute atomic E-state index is 0.00877. The highest BCUT2D eigenvalue weighted by Crippen LogP contribution is 2.31. The number of rotatable bonds is 6. The molecule has 5 nitrogen and oxygen atoms in total. The van der Waals surface area contributed by atoms with Gasteiger partial charge in [-0.05, 0) is 50.6 Å². The SMILES string of the molecule is COc1cccc(C=Nc2cccc(C(=O)O)c2C)c1OC(C)C. The van der Waals surface area contributed by atoms with Gasteiger partial charge in [0.05, 0.1) is 24.5 Å². The van der Waals surface area contributed by atoms with Gasteiger partial charge in [0.2, 0.25) is 0 Å². The van der Waals surface area contributed by atoms with Crippen LogP contribution in [0.5, 0.6) is 11.5 Å². The fraction of sp³-hybridized carbons (Fsp3) is 0.263. The van der Waals surface area contributed by atoms with Crippen LogP contribution < -0.4 is 9.47 Å². The Kier molecular flexibility index (Phi) is 5.58. The van der Waals surface area contributed by atoms with Gasteiger partial charge in [-0.25, -0.2) is 4.79 Å². The minimum Gasteiger partial charge on any atom is -0.493 e. The van der Waals surface area contributed by atoms with E-state index >= 15 is 0 Å². The third-order valence-electron chi connectivity index (χ3n) is 3.46. The van der Waals surface area contributed by atoms with Gasteiger partial charge in [0.15, 0.2) is 11.5 Å². The van der Waals surface area contributed by atoms with Crippen LogP contribution in [0.15, 0.2) is 41.4 Å². The predicted octanol–water partition coefficient (Wildman–Crippen LogP) is 4.24. The maximum atomic E-state index is 11.2. The van der Waals surface area contributed by atoms with Crippen molar-refractivity contribution in [3.8, 4) is 11.5 Å². The number of para-hydroxylation sites is 1. The van der Waals surface area contributed by atoms with Crippen LogP contribution in [0.25, 0.3) is 0 Å². The third-order valence-corrected chi connectivity index (χ3v) is 3.46. The van der Waals surface area contributed by atoms with Crippen molar-refractivity contribution < 1.29 is 19.4 Å². The fourth-order valence-electron chi connectivity index (χ4n) is 2.29. The number of nitrogens with zero attached hydrogens (tertiary/aromatic N) is 1. The normalized spacial score (nSPS) is 11.0. The molecule has 0 spiro atoms. The van der Waals surface area contributed by atoms with Crippen LogP contribution in [0.1, 0.15) is 35.3 Å². The van der Waals surface area contributed by atoms with Gasteiger partial charge in [-0.3, -0.25) is 4.99 Å². The monoisotopic (exact) mass is 327 g/mol. The van der Waals surface area contributed by atoms with E-state index in [1.807, 2.05) is 32.0 Å². The third kappa shape index (κ3) is 3.93. The number of aliphatic imine (C=N–C) groups is 1. The van der Waals surface area contributed by atoms with E-state index in [0.29, 0.717) is 22.7 Å². The van der Waals surface area contributed by atoms with Gasteiger partial charge in [-0.2, -0.15) is 0 Å². The van der Waals surface area contributed by atoms with Crippen molar-refractivity contribution in [1.82, 2.24) is 0 Å². The van der Waals surface area contributed by atoms with E-state index < -0.39 is 5.97 Å². The lowest BCUT2D eigenvalue weighted by molar-refractivity contribution is 0.0696. The second kappa shape index (κ2) is 7.64. The summed E-state index contributed by atoms with van der Waals surface area (Å²) < 4.78 is 11.2. The highest BCUT2D eigenvalue weighted by Gasteiger charge is 2.12. The zero-order valence-corrected chi connectivity index (χ0v) is 14.2. The zero-order chi connectivity index (χ0) is 17.7. The molecule has 0 saturated heterocycles. The van der Waals surface area contributed by atoms with Crippen LogP contribution in [0.2, 0.25) is 0 Å². The molecule has 0 aliphatic carbocycles. The standard InChI is InChI=1S/C19H21NO4/c1-12(2)24-18-14(7-5-10-17(18)23-4)11-20-16-9-6-8-15(13(16)3)19(21)22/h5-12H,1-4H3,(H,21,22). The molecule has 0 unspecified atom stereocenters. The Bertz CT molecular complexity index is 766. The fourth-order valence-corrected chi connectivity index (χ4v) is 2.29. The van der Waals surface area contributed by atoms with Crippen molar-refractivity contribution in [3.05, 3.63) is 53.1 Å². The molecule has 5 heteroatoms. The first kappa shape index (κ1) is 17.5. The van der Waals surface area contributed by atoms with E-state index in [4.69, 9.17) is 9.47 Å². The molecule has 126 valence electrons. The Morgan fingerprint density at radius 2 is 1.92 bits per heavy atom. The molecule has 2 aromatic carbocycles. The van der Waals surface area contributed by atoms with Crippen molar-refractivity contribution in [1.29, 1.82) is 0 Å². The van der Waals surface area contributed by atoms with Crippen LogP contribution in [0.4, 0.5) is 5.69 Å². The smallest absolute Gasteiger partial charge is 0.336 e. The summed E-state index contributed by atoms with van der Waals surface area (Å²) in [6, 6.07) is 10.6.